The van der Waals surface area contributed by atoms with Crippen molar-refractivity contribution in [3.63, 3.8) is 0 Å². The van der Waals surface area contributed by atoms with Gasteiger partial charge in [-0.1, -0.05) is 0 Å². The Balaban J connectivity index is 2.92. The number of nitrogens with one attached hydrogen (secondary N) is 1. The van der Waals surface area contributed by atoms with Gasteiger partial charge >= 0.3 is 5.97 Å². The molecule has 4 nitrogen and oxygen atoms in total. The monoisotopic (exact) mass is 212 g/mol. The van der Waals surface area contributed by atoms with Gasteiger partial charge in [-0.2, -0.15) is 0 Å². The lowest BCUT2D eigenvalue weighted by Gasteiger charge is -2.13. The van der Waals surface area contributed by atoms with Crippen LogP contribution < -0.4 is 11.1 Å². The van der Waals surface area contributed by atoms with E-state index in [0.717, 1.165) is 6.07 Å². The zero-order chi connectivity index (χ0) is 11.4. The molecule has 0 radical (unpaired) electrons. The Labute approximate surface area is 86.9 Å². The molecule has 0 saturated heterocycles. The largest absolute Gasteiger partial charge is 0.478 e. The number of hydrogen-bond acceptors (Lipinski definition) is 3. The van der Waals surface area contributed by atoms with Gasteiger partial charge in [0, 0.05) is 18.3 Å². The van der Waals surface area contributed by atoms with Crippen LogP contribution in [0.15, 0.2) is 18.2 Å². The van der Waals surface area contributed by atoms with Crippen molar-refractivity contribution in [2.45, 2.75) is 13.0 Å². The summed E-state index contributed by atoms with van der Waals surface area (Å²) in [6.07, 6.45) is 0. The molecule has 0 aliphatic heterocycles. The Morgan fingerprint density at radius 3 is 2.87 bits per heavy atom. The van der Waals surface area contributed by atoms with Gasteiger partial charge in [0.25, 0.3) is 0 Å². The number of benzene rings is 1. The third kappa shape index (κ3) is 2.92. The van der Waals surface area contributed by atoms with E-state index < -0.39 is 11.8 Å². The maximum atomic E-state index is 13.0. The smallest absolute Gasteiger partial charge is 0.338 e. The molecule has 1 rings (SSSR count). The predicted molar refractivity (Wildman–Crippen MR) is 55.5 cm³/mol. The van der Waals surface area contributed by atoms with Gasteiger partial charge in [-0.25, -0.2) is 9.18 Å². The van der Waals surface area contributed by atoms with E-state index in [0.29, 0.717) is 12.2 Å². The molecule has 0 spiro atoms. The molecule has 1 unspecified atom stereocenters. The third-order valence-electron chi connectivity index (χ3n) is 1.96. The van der Waals surface area contributed by atoms with Crippen molar-refractivity contribution in [3.8, 4) is 0 Å². The number of hydrogen-bond donors (Lipinski definition) is 3. The molecule has 0 aliphatic rings. The van der Waals surface area contributed by atoms with Crippen LogP contribution >= 0.6 is 0 Å². The van der Waals surface area contributed by atoms with Crippen LogP contribution in [0.2, 0.25) is 0 Å². The summed E-state index contributed by atoms with van der Waals surface area (Å²) >= 11 is 0. The first-order valence-corrected chi connectivity index (χ1v) is 4.54. The Hall–Kier alpha value is -1.62. The summed E-state index contributed by atoms with van der Waals surface area (Å²) in [6, 6.07) is 3.87. The number of carbonyl (C=O) groups is 1. The molecule has 4 N–H and O–H groups in total. The van der Waals surface area contributed by atoms with Gasteiger partial charge in [0.15, 0.2) is 0 Å². The number of carboxylic acid groups (broad SMARTS) is 1. The Morgan fingerprint density at radius 2 is 2.33 bits per heavy atom. The number of aromatic carboxylic acids is 1. The van der Waals surface area contributed by atoms with Crippen molar-refractivity contribution < 1.29 is 14.3 Å². The summed E-state index contributed by atoms with van der Waals surface area (Å²) in [5.41, 5.74) is 5.60. The molecule has 82 valence electrons. The fourth-order valence-electron chi connectivity index (χ4n) is 1.12. The molecule has 0 aliphatic carbocycles. The van der Waals surface area contributed by atoms with E-state index in [4.69, 9.17) is 10.8 Å². The predicted octanol–water partition coefficient (Wildman–Crippen LogP) is 1.28. The Morgan fingerprint density at radius 1 is 1.67 bits per heavy atom. The highest BCUT2D eigenvalue weighted by molar-refractivity contribution is 5.89. The van der Waals surface area contributed by atoms with Crippen molar-refractivity contribution in [1.82, 2.24) is 0 Å². The van der Waals surface area contributed by atoms with Crippen LogP contribution in [-0.4, -0.2) is 23.7 Å². The van der Waals surface area contributed by atoms with Gasteiger partial charge < -0.3 is 16.2 Å². The zero-order valence-corrected chi connectivity index (χ0v) is 8.33. The first-order chi connectivity index (χ1) is 7.04. The second kappa shape index (κ2) is 4.75. The van der Waals surface area contributed by atoms with Crippen molar-refractivity contribution in [2.75, 3.05) is 11.9 Å². The SMILES string of the molecule is CC(CN)Nc1ccc(F)c(C(=O)O)c1. The zero-order valence-electron chi connectivity index (χ0n) is 8.33. The Bertz CT molecular complexity index is 368. The lowest BCUT2D eigenvalue weighted by Crippen LogP contribution is -2.25. The fraction of sp³-hybridized carbons (Fsp3) is 0.300. The van der Waals surface area contributed by atoms with Crippen molar-refractivity contribution >= 4 is 11.7 Å². The van der Waals surface area contributed by atoms with Crippen LogP contribution in [-0.2, 0) is 0 Å². The van der Waals surface area contributed by atoms with E-state index in [2.05, 4.69) is 5.32 Å². The van der Waals surface area contributed by atoms with Gasteiger partial charge in [-0.15, -0.1) is 0 Å². The lowest BCUT2D eigenvalue weighted by molar-refractivity contribution is 0.0692. The first-order valence-electron chi connectivity index (χ1n) is 4.54. The normalized spacial score (nSPS) is 12.2. The van der Waals surface area contributed by atoms with Gasteiger partial charge in [-0.05, 0) is 25.1 Å². The number of rotatable bonds is 4. The molecule has 1 aromatic rings. The van der Waals surface area contributed by atoms with Crippen LogP contribution in [0, 0.1) is 5.82 Å². The molecule has 0 bridgehead atoms. The van der Waals surface area contributed by atoms with Crippen LogP contribution in [0.3, 0.4) is 0 Å². The van der Waals surface area contributed by atoms with Crippen molar-refractivity contribution in [2.24, 2.45) is 5.73 Å². The second-order valence-corrected chi connectivity index (χ2v) is 3.28. The van der Waals surface area contributed by atoms with Gasteiger partial charge in [0.1, 0.15) is 5.82 Å². The molecule has 0 fully saturated rings. The third-order valence-corrected chi connectivity index (χ3v) is 1.96. The quantitative estimate of drug-likeness (QED) is 0.702. The molecule has 0 heterocycles. The van der Waals surface area contributed by atoms with E-state index in [9.17, 15) is 9.18 Å². The second-order valence-electron chi connectivity index (χ2n) is 3.28. The number of halogens is 1. The minimum Gasteiger partial charge on any atom is -0.478 e. The molecular formula is C10H13FN2O2. The number of carboxylic acids is 1. The molecule has 5 heteroatoms. The highest BCUT2D eigenvalue weighted by atomic mass is 19.1. The summed E-state index contributed by atoms with van der Waals surface area (Å²) in [5, 5.41) is 11.6. The number of nitrogens with two attached hydrogens (primary N) is 1. The minimum atomic E-state index is -1.28. The van der Waals surface area contributed by atoms with Crippen molar-refractivity contribution in [1.29, 1.82) is 0 Å². The highest BCUT2D eigenvalue weighted by Crippen LogP contribution is 2.15. The van der Waals surface area contributed by atoms with E-state index in [-0.39, 0.29) is 11.6 Å². The molecule has 1 atom stereocenters. The molecular weight excluding hydrogens is 199 g/mol. The Kier molecular flexibility index (Phi) is 3.62. The lowest BCUT2D eigenvalue weighted by atomic mass is 10.2. The average molecular weight is 212 g/mol. The van der Waals surface area contributed by atoms with Crippen LogP contribution in [0.1, 0.15) is 17.3 Å². The van der Waals surface area contributed by atoms with E-state index in [1.807, 2.05) is 6.92 Å². The average Bonchev–Trinajstić information content (AvgIpc) is 2.20. The van der Waals surface area contributed by atoms with E-state index >= 15 is 0 Å². The minimum absolute atomic E-state index is 0.0112. The summed E-state index contributed by atoms with van der Waals surface area (Å²) in [6.45, 7) is 2.27. The van der Waals surface area contributed by atoms with Gasteiger partial charge in [0.2, 0.25) is 0 Å². The van der Waals surface area contributed by atoms with Gasteiger partial charge in [0.05, 0.1) is 5.56 Å². The van der Waals surface area contributed by atoms with E-state index in [1.54, 1.807) is 0 Å². The fourth-order valence-corrected chi connectivity index (χ4v) is 1.12. The van der Waals surface area contributed by atoms with Gasteiger partial charge in [-0.3, -0.25) is 0 Å². The standard InChI is InChI=1S/C10H13FN2O2/c1-6(5-12)13-7-2-3-9(11)8(4-7)10(14)15/h2-4,6,13H,5,12H2,1H3,(H,14,15). The van der Waals surface area contributed by atoms with Crippen LogP contribution in [0.4, 0.5) is 10.1 Å². The number of anilines is 1. The first kappa shape index (κ1) is 11.5. The summed E-state index contributed by atoms with van der Waals surface area (Å²) in [7, 11) is 0. The highest BCUT2D eigenvalue weighted by Gasteiger charge is 2.11. The maximum absolute atomic E-state index is 13.0. The summed E-state index contributed by atoms with van der Waals surface area (Å²) < 4.78 is 13.0. The van der Waals surface area contributed by atoms with E-state index in [1.165, 1.54) is 12.1 Å². The maximum Gasteiger partial charge on any atom is 0.338 e. The molecule has 0 aromatic heterocycles. The molecule has 0 amide bonds. The topological polar surface area (TPSA) is 75.3 Å². The summed E-state index contributed by atoms with van der Waals surface area (Å²) in [5.74, 6) is -2.02. The molecule has 0 saturated carbocycles. The van der Waals surface area contributed by atoms with Crippen LogP contribution in [0.5, 0.6) is 0 Å². The molecule has 15 heavy (non-hydrogen) atoms. The van der Waals surface area contributed by atoms with Crippen LogP contribution in [0.25, 0.3) is 0 Å². The van der Waals surface area contributed by atoms with Crippen molar-refractivity contribution in [3.05, 3.63) is 29.6 Å². The summed E-state index contributed by atoms with van der Waals surface area (Å²) in [4.78, 5) is 10.6. The molecule has 1 aromatic carbocycles.